The Kier molecular flexibility index (Phi) is 6.60. The molecule has 0 bridgehead atoms. The number of aromatic carboxylic acids is 1. The van der Waals surface area contributed by atoms with Crippen molar-refractivity contribution in [3.05, 3.63) is 77.4 Å². The predicted octanol–water partition coefficient (Wildman–Crippen LogP) is 4.20. The number of fused-ring (bicyclic) bond motifs is 1. The van der Waals surface area contributed by atoms with Crippen molar-refractivity contribution < 1.29 is 36.1 Å². The van der Waals surface area contributed by atoms with Crippen molar-refractivity contribution in [2.45, 2.75) is 12.8 Å². The normalized spacial score (nSPS) is 14.6. The summed E-state index contributed by atoms with van der Waals surface area (Å²) >= 11 is 0. The van der Waals surface area contributed by atoms with E-state index in [1.54, 1.807) is 30.3 Å². The predicted molar refractivity (Wildman–Crippen MR) is 77.3 cm³/mol. The van der Waals surface area contributed by atoms with E-state index in [1.165, 1.54) is 11.1 Å². The van der Waals surface area contributed by atoms with Gasteiger partial charge in [0.25, 0.3) is 0 Å². The molecule has 0 aliphatic heterocycles. The molecule has 100 valence electrons. The second kappa shape index (κ2) is 7.96. The molecule has 0 aromatic heterocycles. The average molecular weight is 344 g/mol. The van der Waals surface area contributed by atoms with Crippen LogP contribution in [-0.4, -0.2) is 11.1 Å². The van der Waals surface area contributed by atoms with Crippen molar-refractivity contribution >= 4 is 12.0 Å². The van der Waals surface area contributed by atoms with Gasteiger partial charge in [0.2, 0.25) is 0 Å². The summed E-state index contributed by atoms with van der Waals surface area (Å²) in [4.78, 5) is 10.2. The topological polar surface area (TPSA) is 37.3 Å². The van der Waals surface area contributed by atoms with Crippen molar-refractivity contribution in [3.8, 4) is 0 Å². The fourth-order valence-electron chi connectivity index (χ4n) is 2.01. The first-order valence-electron chi connectivity index (χ1n) is 6.24. The summed E-state index contributed by atoms with van der Waals surface area (Å²) in [6.45, 7) is 2.22. The number of rotatable bonds is 1. The Hall–Kier alpha value is -1.47. The molecule has 3 rings (SSSR count). The van der Waals surface area contributed by atoms with E-state index in [1.807, 2.05) is 0 Å². The van der Waals surface area contributed by atoms with Gasteiger partial charge in [-0.2, -0.15) is 0 Å². The maximum atomic E-state index is 10.2. The van der Waals surface area contributed by atoms with Crippen LogP contribution in [0.25, 0.3) is 6.08 Å². The van der Waals surface area contributed by atoms with Gasteiger partial charge in [0, 0.05) is 26.2 Å². The van der Waals surface area contributed by atoms with E-state index in [9.17, 15) is 4.79 Å². The molecule has 0 fully saturated rings. The Morgan fingerprint density at radius 1 is 1.00 bits per heavy atom. The minimum atomic E-state index is -0.879. The number of carboxylic acid groups (broad SMARTS) is 1. The van der Waals surface area contributed by atoms with Crippen molar-refractivity contribution in [1.82, 2.24) is 0 Å². The molecule has 0 spiro atoms. The van der Waals surface area contributed by atoms with Gasteiger partial charge in [-0.3, -0.25) is 0 Å². The van der Waals surface area contributed by atoms with Gasteiger partial charge in [-0.15, -0.1) is 0 Å². The molecular formula is C17H16O2Zr. The molecule has 1 aliphatic rings. The number of hydrogen-bond donors (Lipinski definition) is 1. The van der Waals surface area contributed by atoms with Crippen molar-refractivity contribution in [3.63, 3.8) is 0 Å². The summed E-state index contributed by atoms with van der Waals surface area (Å²) in [6.07, 6.45) is 4.44. The molecule has 0 heterocycles. The monoisotopic (exact) mass is 342 g/mol. The van der Waals surface area contributed by atoms with Crippen LogP contribution in [0, 0.1) is 0 Å². The first kappa shape index (κ1) is 16.6. The van der Waals surface area contributed by atoms with Crippen LogP contribution in [0.5, 0.6) is 0 Å². The molecule has 0 saturated heterocycles. The Labute approximate surface area is 138 Å². The van der Waals surface area contributed by atoms with Gasteiger partial charge in [-0.1, -0.05) is 61.5 Å². The maximum Gasteiger partial charge on any atom is 0.335 e. The van der Waals surface area contributed by atoms with Crippen LogP contribution in [0.2, 0.25) is 0 Å². The van der Waals surface area contributed by atoms with Gasteiger partial charge in [0.1, 0.15) is 0 Å². The minimum absolute atomic E-state index is 0. The number of allylic oxidation sites excluding steroid dienone is 1. The summed E-state index contributed by atoms with van der Waals surface area (Å²) in [5, 5.41) is 8.38. The third-order valence-corrected chi connectivity index (χ3v) is 3.07. The largest absolute Gasteiger partial charge is 0.478 e. The maximum absolute atomic E-state index is 10.2. The summed E-state index contributed by atoms with van der Waals surface area (Å²) in [6, 6.07) is 16.8. The van der Waals surface area contributed by atoms with Crippen molar-refractivity contribution in [1.29, 1.82) is 0 Å². The number of hydrogen-bond acceptors (Lipinski definition) is 1. The number of carbonyl (C=O) groups is 1. The van der Waals surface area contributed by atoms with E-state index >= 15 is 0 Å². The summed E-state index contributed by atoms with van der Waals surface area (Å²) in [5.74, 6) is -0.258. The van der Waals surface area contributed by atoms with Crippen LogP contribution in [0.3, 0.4) is 0 Å². The van der Waals surface area contributed by atoms with E-state index in [0.29, 0.717) is 11.5 Å². The van der Waals surface area contributed by atoms with E-state index in [4.69, 9.17) is 5.11 Å². The van der Waals surface area contributed by atoms with E-state index in [2.05, 4.69) is 43.3 Å². The van der Waals surface area contributed by atoms with E-state index in [-0.39, 0.29) is 26.2 Å². The fraction of sp³-hybridized carbons (Fsp3) is 0.118. The van der Waals surface area contributed by atoms with Gasteiger partial charge < -0.3 is 5.11 Å². The molecule has 0 amide bonds. The number of benzene rings is 2. The van der Waals surface area contributed by atoms with Crippen molar-refractivity contribution in [2.24, 2.45) is 0 Å². The van der Waals surface area contributed by atoms with E-state index < -0.39 is 5.97 Å². The Bertz CT molecular complexity index is 591. The molecule has 2 aromatic carbocycles. The van der Waals surface area contributed by atoms with Crippen LogP contribution in [0.4, 0.5) is 0 Å². The summed E-state index contributed by atoms with van der Waals surface area (Å²) < 4.78 is 0. The number of carboxylic acids is 1. The van der Waals surface area contributed by atoms with Gasteiger partial charge in [0.05, 0.1) is 5.56 Å². The average Bonchev–Trinajstić information content (AvgIpc) is 2.83. The van der Waals surface area contributed by atoms with Crippen LogP contribution < -0.4 is 0 Å². The molecule has 3 heteroatoms. The molecule has 1 unspecified atom stereocenters. The van der Waals surface area contributed by atoms with Gasteiger partial charge in [-0.05, 0) is 29.2 Å². The van der Waals surface area contributed by atoms with Gasteiger partial charge >= 0.3 is 5.97 Å². The molecular weight excluding hydrogens is 327 g/mol. The zero-order valence-corrected chi connectivity index (χ0v) is 13.7. The second-order valence-corrected chi connectivity index (χ2v) is 4.45. The van der Waals surface area contributed by atoms with Crippen LogP contribution in [-0.2, 0) is 26.2 Å². The smallest absolute Gasteiger partial charge is 0.335 e. The standard InChI is InChI=1S/C10H10.C7H6O2.Zr/c1-8-6-7-9-4-2-3-5-10(8)9;8-7(9)6-4-2-1-3-5-6;/h2-8H,1H3;1-5H,(H,8,9);. The molecule has 1 N–H and O–H groups in total. The molecule has 1 aliphatic carbocycles. The molecule has 0 radical (unpaired) electrons. The van der Waals surface area contributed by atoms with Crippen LogP contribution in [0.15, 0.2) is 60.7 Å². The Morgan fingerprint density at radius 2 is 1.60 bits per heavy atom. The van der Waals surface area contributed by atoms with Crippen molar-refractivity contribution in [2.75, 3.05) is 0 Å². The van der Waals surface area contributed by atoms with E-state index in [0.717, 1.165) is 0 Å². The Balaban J connectivity index is 0.000000192. The molecule has 20 heavy (non-hydrogen) atoms. The summed E-state index contributed by atoms with van der Waals surface area (Å²) in [7, 11) is 0. The quantitative estimate of drug-likeness (QED) is 0.842. The Morgan fingerprint density at radius 3 is 2.15 bits per heavy atom. The zero-order chi connectivity index (χ0) is 13.7. The summed E-state index contributed by atoms with van der Waals surface area (Å²) in [5.41, 5.74) is 3.18. The first-order valence-corrected chi connectivity index (χ1v) is 6.24. The third-order valence-electron chi connectivity index (χ3n) is 3.07. The SMILES string of the molecule is CC1C=Cc2ccccc21.O=C(O)c1ccccc1.[Zr]. The molecule has 0 saturated carbocycles. The fourth-order valence-corrected chi connectivity index (χ4v) is 2.01. The van der Waals surface area contributed by atoms with Gasteiger partial charge in [-0.25, -0.2) is 4.79 Å². The zero-order valence-electron chi connectivity index (χ0n) is 11.3. The third kappa shape index (κ3) is 4.28. The molecule has 2 nitrogen and oxygen atoms in total. The molecule has 2 aromatic rings. The molecule has 1 atom stereocenters. The minimum Gasteiger partial charge on any atom is -0.478 e. The second-order valence-electron chi connectivity index (χ2n) is 4.45. The first-order chi connectivity index (χ1) is 9.18. The van der Waals surface area contributed by atoms with Gasteiger partial charge in [0.15, 0.2) is 0 Å². The van der Waals surface area contributed by atoms with Crippen LogP contribution >= 0.6 is 0 Å². The van der Waals surface area contributed by atoms with Crippen LogP contribution in [0.1, 0.15) is 34.3 Å².